The Bertz CT molecular complexity index is 442. The first-order chi connectivity index (χ1) is 8.06. The van der Waals surface area contributed by atoms with Crippen molar-refractivity contribution in [1.82, 2.24) is 4.90 Å². The fraction of sp³-hybridized carbons (Fsp3) is 0.308. The van der Waals surface area contributed by atoms with E-state index in [4.69, 9.17) is 16.3 Å². The molecule has 1 saturated heterocycles. The smallest absolute Gasteiger partial charge is 0.415 e. The predicted octanol–water partition coefficient (Wildman–Crippen LogP) is 3.67. The van der Waals surface area contributed by atoms with Crippen LogP contribution in [0.15, 0.2) is 42.1 Å². The normalized spacial score (nSPS) is 23.1. The number of carbonyl (C=O) groups excluding carboxylic acids is 1. The minimum Gasteiger partial charge on any atom is -0.441 e. The molecule has 1 unspecified atom stereocenters. The molecule has 0 aromatic heterocycles. The summed E-state index contributed by atoms with van der Waals surface area (Å²) in [6, 6.07) is 9.61. The van der Waals surface area contributed by atoms with Gasteiger partial charge in [-0.25, -0.2) is 4.79 Å². The lowest BCUT2D eigenvalue weighted by Crippen LogP contribution is -2.30. The van der Waals surface area contributed by atoms with E-state index in [9.17, 15) is 4.79 Å². The molecule has 0 N–H and O–H groups in total. The second-order valence-electron chi connectivity index (χ2n) is 4.47. The third kappa shape index (κ3) is 2.15. The second-order valence-corrected chi connectivity index (χ2v) is 4.72. The monoisotopic (exact) mass is 251 g/mol. The number of ether oxygens (including phenoxy) is 1. The summed E-state index contributed by atoms with van der Waals surface area (Å²) in [4.78, 5) is 13.3. The quantitative estimate of drug-likeness (QED) is 0.803. The Morgan fingerprint density at radius 1 is 1.35 bits per heavy atom. The molecular weight excluding hydrogens is 238 g/mol. The lowest BCUT2D eigenvalue weighted by atomic mass is 9.92. The lowest BCUT2D eigenvalue weighted by molar-refractivity contribution is 0.0679. The molecule has 1 aliphatic rings. The first-order valence-electron chi connectivity index (χ1n) is 5.39. The third-order valence-corrected chi connectivity index (χ3v) is 2.94. The van der Waals surface area contributed by atoms with Crippen molar-refractivity contribution in [1.29, 1.82) is 0 Å². The van der Waals surface area contributed by atoms with Gasteiger partial charge in [-0.2, -0.15) is 0 Å². The molecule has 1 aromatic carbocycles. The average Bonchev–Trinajstić information content (AvgIpc) is 2.50. The topological polar surface area (TPSA) is 29.5 Å². The molecule has 4 heteroatoms. The van der Waals surface area contributed by atoms with Crippen LogP contribution in [-0.4, -0.2) is 16.6 Å². The van der Waals surface area contributed by atoms with Crippen LogP contribution in [0.2, 0.25) is 0 Å². The Morgan fingerprint density at radius 3 is 2.59 bits per heavy atom. The number of cyclic esters (lactones) is 1. The SMILES string of the molecule is CC1(C)OC(=O)N(/C=C/Cl)C1c1ccccc1. The molecule has 0 saturated carbocycles. The minimum atomic E-state index is -0.575. The van der Waals surface area contributed by atoms with E-state index in [0.717, 1.165) is 5.56 Å². The van der Waals surface area contributed by atoms with Gasteiger partial charge in [-0.05, 0) is 19.4 Å². The van der Waals surface area contributed by atoms with Gasteiger partial charge in [-0.15, -0.1) is 0 Å². The van der Waals surface area contributed by atoms with Crippen molar-refractivity contribution < 1.29 is 9.53 Å². The number of hydrogen-bond donors (Lipinski definition) is 0. The van der Waals surface area contributed by atoms with Gasteiger partial charge in [0.05, 0.1) is 0 Å². The van der Waals surface area contributed by atoms with E-state index in [0.29, 0.717) is 0 Å². The Morgan fingerprint density at radius 2 is 2.00 bits per heavy atom. The molecule has 1 fully saturated rings. The van der Waals surface area contributed by atoms with E-state index < -0.39 is 5.60 Å². The van der Waals surface area contributed by atoms with E-state index in [1.54, 1.807) is 0 Å². The van der Waals surface area contributed by atoms with Crippen molar-refractivity contribution in [2.24, 2.45) is 0 Å². The largest absolute Gasteiger partial charge is 0.441 e. The Kier molecular flexibility index (Phi) is 3.11. The number of rotatable bonds is 2. The minimum absolute atomic E-state index is 0.161. The molecular formula is C13H14ClNO2. The van der Waals surface area contributed by atoms with E-state index in [-0.39, 0.29) is 12.1 Å². The van der Waals surface area contributed by atoms with Gasteiger partial charge in [0.15, 0.2) is 0 Å². The van der Waals surface area contributed by atoms with Crippen LogP contribution < -0.4 is 0 Å². The van der Waals surface area contributed by atoms with Crippen molar-refractivity contribution >= 4 is 17.7 Å². The van der Waals surface area contributed by atoms with Crippen LogP contribution in [-0.2, 0) is 4.74 Å². The zero-order valence-corrected chi connectivity index (χ0v) is 10.5. The van der Waals surface area contributed by atoms with Gasteiger partial charge < -0.3 is 4.74 Å². The van der Waals surface area contributed by atoms with Crippen LogP contribution in [0, 0.1) is 0 Å². The third-order valence-electron chi connectivity index (χ3n) is 2.83. The summed E-state index contributed by atoms with van der Waals surface area (Å²) < 4.78 is 5.36. The Balaban J connectivity index is 2.43. The number of nitrogens with zero attached hydrogens (tertiary/aromatic N) is 1. The van der Waals surface area contributed by atoms with Crippen LogP contribution in [0.1, 0.15) is 25.5 Å². The predicted molar refractivity (Wildman–Crippen MR) is 66.6 cm³/mol. The van der Waals surface area contributed by atoms with E-state index >= 15 is 0 Å². The van der Waals surface area contributed by atoms with Crippen molar-refractivity contribution in [2.45, 2.75) is 25.5 Å². The number of hydrogen-bond acceptors (Lipinski definition) is 2. The zero-order chi connectivity index (χ0) is 12.5. The van der Waals surface area contributed by atoms with Crippen LogP contribution in [0.4, 0.5) is 4.79 Å². The first-order valence-corrected chi connectivity index (χ1v) is 5.83. The van der Waals surface area contributed by atoms with Crippen molar-refractivity contribution in [3.8, 4) is 0 Å². The van der Waals surface area contributed by atoms with Crippen LogP contribution in [0.3, 0.4) is 0 Å². The van der Waals surface area contributed by atoms with E-state index in [2.05, 4.69) is 0 Å². The molecule has 17 heavy (non-hydrogen) atoms. The standard InChI is InChI=1S/C13H14ClNO2/c1-13(2)11(10-6-4-3-5-7-10)15(9-8-14)12(16)17-13/h3-9,11H,1-2H3/b9-8+. The Labute approximate surface area is 106 Å². The summed E-state index contributed by atoms with van der Waals surface area (Å²) in [6.07, 6.45) is 1.16. The average molecular weight is 252 g/mol. The Hall–Kier alpha value is -1.48. The van der Waals surface area contributed by atoms with Crippen LogP contribution >= 0.6 is 11.6 Å². The van der Waals surface area contributed by atoms with Crippen LogP contribution in [0.25, 0.3) is 0 Å². The van der Waals surface area contributed by atoms with Gasteiger partial charge in [0.2, 0.25) is 0 Å². The molecule has 1 aromatic rings. The van der Waals surface area contributed by atoms with E-state index in [1.165, 1.54) is 16.6 Å². The molecule has 0 aliphatic carbocycles. The van der Waals surface area contributed by atoms with Gasteiger partial charge in [0, 0.05) is 11.7 Å². The fourth-order valence-electron chi connectivity index (χ4n) is 2.18. The molecule has 1 aliphatic heterocycles. The maximum Gasteiger partial charge on any atom is 0.415 e. The molecule has 0 spiro atoms. The highest BCUT2D eigenvalue weighted by molar-refractivity contribution is 6.25. The number of benzene rings is 1. The van der Waals surface area contributed by atoms with Crippen molar-refractivity contribution in [3.05, 3.63) is 47.6 Å². The second kappa shape index (κ2) is 4.41. The van der Waals surface area contributed by atoms with Gasteiger partial charge >= 0.3 is 6.09 Å². The molecule has 3 nitrogen and oxygen atoms in total. The highest BCUT2D eigenvalue weighted by Crippen LogP contribution is 2.41. The summed E-state index contributed by atoms with van der Waals surface area (Å²) in [6.45, 7) is 3.79. The lowest BCUT2D eigenvalue weighted by Gasteiger charge is -2.27. The van der Waals surface area contributed by atoms with Gasteiger partial charge in [0.1, 0.15) is 11.6 Å². The number of carbonyl (C=O) groups is 1. The highest BCUT2D eigenvalue weighted by Gasteiger charge is 2.47. The molecule has 1 heterocycles. The van der Waals surface area contributed by atoms with Gasteiger partial charge in [-0.1, -0.05) is 41.9 Å². The zero-order valence-electron chi connectivity index (χ0n) is 9.76. The summed E-state index contributed by atoms with van der Waals surface area (Å²) in [7, 11) is 0. The van der Waals surface area contributed by atoms with Crippen molar-refractivity contribution in [3.63, 3.8) is 0 Å². The molecule has 90 valence electrons. The maximum absolute atomic E-state index is 11.8. The molecule has 2 rings (SSSR count). The maximum atomic E-state index is 11.8. The summed E-state index contributed by atoms with van der Waals surface area (Å²) in [5, 5.41) is 0. The molecule has 1 amide bonds. The highest BCUT2D eigenvalue weighted by atomic mass is 35.5. The van der Waals surface area contributed by atoms with Crippen molar-refractivity contribution in [2.75, 3.05) is 0 Å². The first kappa shape index (κ1) is 12.0. The molecule has 0 bridgehead atoms. The van der Waals surface area contributed by atoms with Gasteiger partial charge in [0.25, 0.3) is 0 Å². The fourth-order valence-corrected chi connectivity index (χ4v) is 2.30. The summed E-state index contributed by atoms with van der Waals surface area (Å²) in [5.41, 5.74) is 1.77. The number of halogens is 1. The summed E-state index contributed by atoms with van der Waals surface area (Å²) in [5.74, 6) is 0. The number of amides is 1. The molecule has 1 atom stereocenters. The molecule has 0 radical (unpaired) electrons. The van der Waals surface area contributed by atoms with Crippen LogP contribution in [0.5, 0.6) is 0 Å². The van der Waals surface area contributed by atoms with E-state index in [1.807, 2.05) is 44.2 Å². The van der Waals surface area contributed by atoms with Gasteiger partial charge in [-0.3, -0.25) is 4.90 Å². The summed E-state index contributed by atoms with van der Waals surface area (Å²) >= 11 is 5.56.